The molecule has 0 aromatic rings. The van der Waals surface area contributed by atoms with Crippen LogP contribution in [0.4, 0.5) is 0 Å². The van der Waals surface area contributed by atoms with Crippen molar-refractivity contribution in [3.8, 4) is 0 Å². The molecule has 44 valence electrons. The lowest BCUT2D eigenvalue weighted by atomic mass is 10.5. The molecule has 0 amide bonds. The zero-order valence-electron chi connectivity index (χ0n) is 4.51. The summed E-state index contributed by atoms with van der Waals surface area (Å²) in [5.74, 6) is 0.801. The molecule has 0 saturated carbocycles. The minimum Gasteiger partial charge on any atom is -0.497 e. The van der Waals surface area contributed by atoms with E-state index in [1.54, 1.807) is 13.2 Å². The zero-order chi connectivity index (χ0) is 5.98. The molecule has 1 aliphatic heterocycles. The van der Waals surface area contributed by atoms with Crippen LogP contribution in [0.3, 0.4) is 0 Å². The summed E-state index contributed by atoms with van der Waals surface area (Å²) in [4.78, 5) is 0. The Labute approximate surface area is 53.1 Å². The van der Waals surface area contributed by atoms with E-state index in [0.29, 0.717) is 11.7 Å². The fourth-order valence-corrected chi connectivity index (χ4v) is 0.665. The summed E-state index contributed by atoms with van der Waals surface area (Å²) >= 11 is 4.68. The normalized spacial score (nSPS) is 17.6. The molecule has 0 saturated heterocycles. The number of hydrogen-bond donors (Lipinski definition) is 0. The van der Waals surface area contributed by atoms with Gasteiger partial charge in [-0.25, -0.2) is 0 Å². The molecule has 0 fully saturated rings. The van der Waals surface area contributed by atoms with E-state index in [0.717, 1.165) is 5.76 Å². The van der Waals surface area contributed by atoms with Gasteiger partial charge in [0, 0.05) is 6.08 Å². The van der Waals surface area contributed by atoms with Crippen molar-refractivity contribution in [2.24, 2.45) is 0 Å². The van der Waals surface area contributed by atoms with Gasteiger partial charge in [0.05, 0.1) is 7.11 Å². The van der Waals surface area contributed by atoms with Crippen molar-refractivity contribution >= 4 is 17.3 Å². The predicted octanol–water partition coefficient (Wildman–Crippen LogP) is 0.874. The first-order chi connectivity index (χ1) is 3.83. The van der Waals surface area contributed by atoms with Crippen LogP contribution in [0, 0.1) is 0 Å². The van der Waals surface area contributed by atoms with Gasteiger partial charge >= 0.3 is 0 Å². The fraction of sp³-hybridized carbons (Fsp3) is 0.400. The second-order valence-electron chi connectivity index (χ2n) is 1.42. The van der Waals surface area contributed by atoms with Gasteiger partial charge in [-0.2, -0.15) is 0 Å². The maximum atomic E-state index is 4.87. The number of hydrogen-bond acceptors (Lipinski definition) is 3. The first-order valence-electron chi connectivity index (χ1n) is 2.24. The molecule has 0 spiro atoms. The molecule has 0 N–H and O–H groups in total. The van der Waals surface area contributed by atoms with Gasteiger partial charge in [-0.1, -0.05) is 0 Å². The van der Waals surface area contributed by atoms with Crippen molar-refractivity contribution in [3.05, 3.63) is 11.8 Å². The summed E-state index contributed by atoms with van der Waals surface area (Å²) in [6.45, 7) is 0.495. The summed E-state index contributed by atoms with van der Waals surface area (Å²) < 4.78 is 9.70. The van der Waals surface area contributed by atoms with Crippen LogP contribution in [0.15, 0.2) is 11.8 Å². The predicted molar refractivity (Wildman–Crippen MR) is 33.6 cm³/mol. The maximum Gasteiger partial charge on any atom is 0.187 e. The van der Waals surface area contributed by atoms with E-state index in [1.165, 1.54) is 0 Å². The quantitative estimate of drug-likeness (QED) is 0.491. The van der Waals surface area contributed by atoms with Crippen LogP contribution in [0.1, 0.15) is 0 Å². The van der Waals surface area contributed by atoms with Gasteiger partial charge in [0.25, 0.3) is 0 Å². The molecule has 0 unspecified atom stereocenters. The molecule has 3 heteroatoms. The van der Waals surface area contributed by atoms with Gasteiger partial charge in [-0.3, -0.25) is 0 Å². The lowest BCUT2D eigenvalue weighted by molar-refractivity contribution is 0.233. The van der Waals surface area contributed by atoms with Crippen LogP contribution < -0.4 is 0 Å². The highest BCUT2D eigenvalue weighted by Gasteiger charge is 2.07. The maximum absolute atomic E-state index is 4.87. The molecule has 1 aliphatic rings. The summed E-state index contributed by atoms with van der Waals surface area (Å²) in [5.41, 5.74) is 0. The summed E-state index contributed by atoms with van der Waals surface area (Å²) in [6, 6.07) is 0. The standard InChI is InChI=1S/C5H6O2S/c1-6-4-2-5(8)7-3-4/h2H,3H2,1H3. The van der Waals surface area contributed by atoms with Gasteiger partial charge < -0.3 is 9.47 Å². The molecular weight excluding hydrogens is 124 g/mol. The van der Waals surface area contributed by atoms with Crippen LogP contribution in [0.5, 0.6) is 0 Å². The molecule has 8 heavy (non-hydrogen) atoms. The fourth-order valence-electron chi connectivity index (χ4n) is 0.475. The zero-order valence-corrected chi connectivity index (χ0v) is 5.33. The van der Waals surface area contributed by atoms with E-state index in [-0.39, 0.29) is 0 Å². The monoisotopic (exact) mass is 130 g/mol. The highest BCUT2D eigenvalue weighted by Crippen LogP contribution is 2.06. The lowest BCUT2D eigenvalue weighted by Gasteiger charge is -1.94. The first kappa shape index (κ1) is 5.56. The van der Waals surface area contributed by atoms with E-state index >= 15 is 0 Å². The van der Waals surface area contributed by atoms with Gasteiger partial charge in [-0.05, 0) is 12.2 Å². The van der Waals surface area contributed by atoms with Gasteiger partial charge in [0.15, 0.2) is 5.05 Å². The second kappa shape index (κ2) is 2.13. The Hall–Kier alpha value is -0.570. The lowest BCUT2D eigenvalue weighted by Crippen LogP contribution is -1.90. The van der Waals surface area contributed by atoms with Crippen molar-refractivity contribution in [1.29, 1.82) is 0 Å². The Kier molecular flexibility index (Phi) is 1.48. The molecule has 1 heterocycles. The van der Waals surface area contributed by atoms with Crippen LogP contribution in [-0.2, 0) is 9.47 Å². The number of thiocarbonyl (C=S) groups is 1. The number of methoxy groups -OCH3 is 1. The van der Waals surface area contributed by atoms with Gasteiger partial charge in [0.1, 0.15) is 12.4 Å². The third-order valence-electron chi connectivity index (χ3n) is 0.898. The van der Waals surface area contributed by atoms with Gasteiger partial charge in [-0.15, -0.1) is 0 Å². The van der Waals surface area contributed by atoms with Crippen molar-refractivity contribution in [2.45, 2.75) is 0 Å². The van der Waals surface area contributed by atoms with Crippen molar-refractivity contribution in [3.63, 3.8) is 0 Å². The van der Waals surface area contributed by atoms with E-state index in [2.05, 4.69) is 12.2 Å². The van der Waals surface area contributed by atoms with Crippen molar-refractivity contribution in [1.82, 2.24) is 0 Å². The van der Waals surface area contributed by atoms with Crippen molar-refractivity contribution < 1.29 is 9.47 Å². The Balaban J connectivity index is 2.57. The second-order valence-corrected chi connectivity index (χ2v) is 1.82. The topological polar surface area (TPSA) is 18.5 Å². The molecule has 0 aromatic carbocycles. The van der Waals surface area contributed by atoms with Crippen LogP contribution in [0.25, 0.3) is 0 Å². The molecule has 0 aliphatic carbocycles. The summed E-state index contributed by atoms with van der Waals surface area (Å²) in [5, 5.41) is 0.516. The molecule has 0 aromatic heterocycles. The molecule has 0 radical (unpaired) electrons. The number of rotatable bonds is 1. The van der Waals surface area contributed by atoms with Gasteiger partial charge in [0.2, 0.25) is 0 Å². The highest BCUT2D eigenvalue weighted by atomic mass is 32.1. The van der Waals surface area contributed by atoms with E-state index < -0.39 is 0 Å². The Bertz CT molecular complexity index is 139. The molecule has 2 nitrogen and oxygen atoms in total. The van der Waals surface area contributed by atoms with Crippen molar-refractivity contribution in [2.75, 3.05) is 13.7 Å². The SMILES string of the molecule is COC1=CC(=S)OC1. The molecule has 0 atom stereocenters. The first-order valence-corrected chi connectivity index (χ1v) is 2.65. The summed E-state index contributed by atoms with van der Waals surface area (Å²) in [7, 11) is 1.60. The van der Waals surface area contributed by atoms with E-state index in [1.807, 2.05) is 0 Å². The third-order valence-corrected chi connectivity index (χ3v) is 1.13. The minimum atomic E-state index is 0.495. The molecule has 0 bridgehead atoms. The average Bonchev–Trinajstić information content (AvgIpc) is 2.14. The van der Waals surface area contributed by atoms with Crippen LogP contribution >= 0.6 is 12.2 Å². The number of ether oxygens (including phenoxy) is 2. The third kappa shape index (κ3) is 0.980. The van der Waals surface area contributed by atoms with Crippen LogP contribution in [0.2, 0.25) is 0 Å². The molecular formula is C5H6O2S. The Morgan fingerprint density at radius 1 is 1.88 bits per heavy atom. The highest BCUT2D eigenvalue weighted by molar-refractivity contribution is 7.80. The summed E-state index contributed by atoms with van der Waals surface area (Å²) in [6.07, 6.45) is 1.70. The molecule has 1 rings (SSSR count). The Morgan fingerprint density at radius 2 is 2.62 bits per heavy atom. The largest absolute Gasteiger partial charge is 0.497 e. The van der Waals surface area contributed by atoms with E-state index in [9.17, 15) is 0 Å². The average molecular weight is 130 g/mol. The van der Waals surface area contributed by atoms with Crippen LogP contribution in [-0.4, -0.2) is 18.8 Å². The van der Waals surface area contributed by atoms with E-state index in [4.69, 9.17) is 9.47 Å². The minimum absolute atomic E-state index is 0.495. The smallest absolute Gasteiger partial charge is 0.187 e. The Morgan fingerprint density at radius 3 is 2.88 bits per heavy atom.